The second-order valence-electron chi connectivity index (χ2n) is 5.63. The van der Waals surface area contributed by atoms with E-state index in [2.05, 4.69) is 17.1 Å². The SMILES string of the molecule is CCCCNC(=O)C[NH+]1CCN(c2ccc(O)cc2)CC1. The quantitative estimate of drug-likeness (QED) is 0.648. The summed E-state index contributed by atoms with van der Waals surface area (Å²) in [5, 5.41) is 12.3. The van der Waals surface area contributed by atoms with E-state index in [1.807, 2.05) is 12.1 Å². The van der Waals surface area contributed by atoms with Gasteiger partial charge in [0.25, 0.3) is 5.91 Å². The zero-order valence-electron chi connectivity index (χ0n) is 12.8. The van der Waals surface area contributed by atoms with Crippen LogP contribution in [-0.2, 0) is 4.79 Å². The molecule has 3 N–H and O–H groups in total. The van der Waals surface area contributed by atoms with Crippen molar-refractivity contribution in [2.24, 2.45) is 0 Å². The number of carbonyl (C=O) groups excluding carboxylic acids is 1. The van der Waals surface area contributed by atoms with Crippen molar-refractivity contribution < 1.29 is 14.8 Å². The highest BCUT2D eigenvalue weighted by atomic mass is 16.3. The third kappa shape index (κ3) is 4.93. The van der Waals surface area contributed by atoms with Crippen LogP contribution in [0.15, 0.2) is 24.3 Å². The number of amides is 1. The van der Waals surface area contributed by atoms with E-state index in [0.29, 0.717) is 12.3 Å². The minimum atomic E-state index is 0.163. The number of piperazine rings is 1. The molecule has 0 spiro atoms. The van der Waals surface area contributed by atoms with Gasteiger partial charge < -0.3 is 20.2 Å². The van der Waals surface area contributed by atoms with Gasteiger partial charge >= 0.3 is 0 Å². The van der Waals surface area contributed by atoms with E-state index in [4.69, 9.17) is 0 Å². The van der Waals surface area contributed by atoms with Gasteiger partial charge in [-0.1, -0.05) is 13.3 Å². The van der Waals surface area contributed by atoms with Crippen LogP contribution >= 0.6 is 0 Å². The highest BCUT2D eigenvalue weighted by molar-refractivity contribution is 5.76. The number of rotatable bonds is 6. The third-order valence-corrected chi connectivity index (χ3v) is 3.95. The molecular formula is C16H26N3O2+. The number of unbranched alkanes of at least 4 members (excludes halogenated alkanes) is 1. The standard InChI is InChI=1S/C16H25N3O2/c1-2-3-8-17-16(21)13-18-9-11-19(12-10-18)14-4-6-15(20)7-5-14/h4-7,20H,2-3,8-13H2,1H3,(H,17,21)/p+1. The van der Waals surface area contributed by atoms with Gasteiger partial charge in [-0.25, -0.2) is 0 Å². The normalized spacial score (nSPS) is 16.0. The first-order chi connectivity index (χ1) is 10.2. The summed E-state index contributed by atoms with van der Waals surface area (Å²) in [7, 11) is 0. The zero-order valence-corrected chi connectivity index (χ0v) is 12.8. The maximum atomic E-state index is 11.8. The molecule has 0 aliphatic carbocycles. The molecule has 0 bridgehead atoms. The van der Waals surface area contributed by atoms with E-state index in [-0.39, 0.29) is 5.91 Å². The first-order valence-electron chi connectivity index (χ1n) is 7.83. The topological polar surface area (TPSA) is 57.0 Å². The van der Waals surface area contributed by atoms with Crippen molar-refractivity contribution in [3.8, 4) is 5.75 Å². The molecular weight excluding hydrogens is 266 g/mol. The predicted molar refractivity (Wildman–Crippen MR) is 83.8 cm³/mol. The van der Waals surface area contributed by atoms with E-state index >= 15 is 0 Å². The number of nitrogens with zero attached hydrogens (tertiary/aromatic N) is 1. The minimum absolute atomic E-state index is 0.163. The largest absolute Gasteiger partial charge is 0.508 e. The number of carbonyl (C=O) groups is 1. The van der Waals surface area contributed by atoms with Crippen molar-refractivity contribution in [1.82, 2.24) is 5.32 Å². The Balaban J connectivity index is 1.73. The molecule has 1 aliphatic rings. The highest BCUT2D eigenvalue weighted by Crippen LogP contribution is 2.17. The Morgan fingerprint density at radius 2 is 1.95 bits per heavy atom. The molecule has 0 aromatic heterocycles. The summed E-state index contributed by atoms with van der Waals surface area (Å²) in [4.78, 5) is 15.5. The number of anilines is 1. The number of quaternary nitrogens is 1. The molecule has 1 heterocycles. The van der Waals surface area contributed by atoms with Gasteiger partial charge in [0.1, 0.15) is 5.75 Å². The molecule has 2 rings (SSSR count). The molecule has 1 fully saturated rings. The third-order valence-electron chi connectivity index (χ3n) is 3.95. The van der Waals surface area contributed by atoms with Crippen LogP contribution < -0.4 is 15.1 Å². The van der Waals surface area contributed by atoms with Crippen LogP contribution in [0.1, 0.15) is 19.8 Å². The van der Waals surface area contributed by atoms with E-state index in [0.717, 1.165) is 51.3 Å². The van der Waals surface area contributed by atoms with Crippen molar-refractivity contribution in [3.05, 3.63) is 24.3 Å². The monoisotopic (exact) mass is 292 g/mol. The van der Waals surface area contributed by atoms with Crippen LogP contribution in [0.25, 0.3) is 0 Å². The van der Waals surface area contributed by atoms with E-state index in [1.165, 1.54) is 4.90 Å². The van der Waals surface area contributed by atoms with Gasteiger partial charge in [0, 0.05) is 12.2 Å². The van der Waals surface area contributed by atoms with Crippen molar-refractivity contribution in [1.29, 1.82) is 0 Å². The van der Waals surface area contributed by atoms with Crippen LogP contribution in [0.2, 0.25) is 0 Å². The van der Waals surface area contributed by atoms with Gasteiger partial charge in [0.15, 0.2) is 6.54 Å². The Bertz CT molecular complexity index is 439. The van der Waals surface area contributed by atoms with E-state index in [9.17, 15) is 9.90 Å². The molecule has 1 saturated heterocycles. The smallest absolute Gasteiger partial charge is 0.275 e. The molecule has 1 aromatic rings. The Morgan fingerprint density at radius 3 is 2.57 bits per heavy atom. The molecule has 0 saturated carbocycles. The number of aromatic hydroxyl groups is 1. The minimum Gasteiger partial charge on any atom is -0.508 e. The summed E-state index contributed by atoms with van der Waals surface area (Å²) in [6.45, 7) is 7.34. The van der Waals surface area contributed by atoms with Crippen LogP contribution in [0.5, 0.6) is 5.75 Å². The molecule has 1 aliphatic heterocycles. The molecule has 0 unspecified atom stereocenters. The average molecular weight is 292 g/mol. The molecule has 116 valence electrons. The number of benzene rings is 1. The second kappa shape index (κ2) is 7.88. The van der Waals surface area contributed by atoms with Gasteiger partial charge in [-0.15, -0.1) is 0 Å². The van der Waals surface area contributed by atoms with Crippen LogP contribution in [0, 0.1) is 0 Å². The van der Waals surface area contributed by atoms with Crippen molar-refractivity contribution in [3.63, 3.8) is 0 Å². The number of nitrogens with one attached hydrogen (secondary N) is 2. The highest BCUT2D eigenvalue weighted by Gasteiger charge is 2.22. The summed E-state index contributed by atoms with van der Waals surface area (Å²) in [6.07, 6.45) is 2.16. The summed E-state index contributed by atoms with van der Waals surface area (Å²) in [6, 6.07) is 7.32. The maximum absolute atomic E-state index is 11.8. The average Bonchev–Trinajstić information content (AvgIpc) is 2.49. The second-order valence-corrected chi connectivity index (χ2v) is 5.63. The fraction of sp³-hybridized carbons (Fsp3) is 0.562. The number of phenolic OH excluding ortho intramolecular Hbond substituents is 1. The van der Waals surface area contributed by atoms with Gasteiger partial charge in [-0.05, 0) is 30.7 Å². The Labute approximate surface area is 126 Å². The Morgan fingerprint density at radius 1 is 1.29 bits per heavy atom. The Hall–Kier alpha value is -1.75. The van der Waals surface area contributed by atoms with Gasteiger partial charge in [0.2, 0.25) is 0 Å². The number of hydrogen-bond donors (Lipinski definition) is 3. The lowest BCUT2D eigenvalue weighted by Crippen LogP contribution is -3.15. The molecule has 21 heavy (non-hydrogen) atoms. The van der Waals surface area contributed by atoms with Crippen molar-refractivity contribution >= 4 is 11.6 Å². The lowest BCUT2D eigenvalue weighted by molar-refractivity contribution is -0.892. The first-order valence-corrected chi connectivity index (χ1v) is 7.83. The molecule has 1 amide bonds. The van der Waals surface area contributed by atoms with Gasteiger partial charge in [-0.2, -0.15) is 0 Å². The van der Waals surface area contributed by atoms with Crippen LogP contribution in [0.3, 0.4) is 0 Å². The van der Waals surface area contributed by atoms with Crippen LogP contribution in [0.4, 0.5) is 5.69 Å². The summed E-state index contributed by atoms with van der Waals surface area (Å²) >= 11 is 0. The van der Waals surface area contributed by atoms with Crippen molar-refractivity contribution in [2.75, 3.05) is 44.2 Å². The summed E-state index contributed by atoms with van der Waals surface area (Å²) < 4.78 is 0. The van der Waals surface area contributed by atoms with E-state index < -0.39 is 0 Å². The molecule has 5 heteroatoms. The summed E-state index contributed by atoms with van der Waals surface area (Å²) in [5.41, 5.74) is 1.14. The fourth-order valence-corrected chi connectivity index (χ4v) is 2.62. The lowest BCUT2D eigenvalue weighted by atomic mass is 10.2. The molecule has 1 aromatic carbocycles. The molecule has 5 nitrogen and oxygen atoms in total. The lowest BCUT2D eigenvalue weighted by Gasteiger charge is -2.33. The van der Waals surface area contributed by atoms with Gasteiger partial charge in [0.05, 0.1) is 26.2 Å². The number of hydrogen-bond acceptors (Lipinski definition) is 3. The first kappa shape index (κ1) is 15.6. The number of phenols is 1. The molecule has 0 atom stereocenters. The Kier molecular flexibility index (Phi) is 5.87. The molecule has 0 radical (unpaired) electrons. The van der Waals surface area contributed by atoms with Crippen LogP contribution in [-0.4, -0.2) is 50.3 Å². The summed E-state index contributed by atoms with van der Waals surface area (Å²) in [5.74, 6) is 0.461. The zero-order chi connectivity index (χ0) is 15.1. The van der Waals surface area contributed by atoms with Gasteiger partial charge in [-0.3, -0.25) is 4.79 Å². The van der Waals surface area contributed by atoms with Crippen molar-refractivity contribution in [2.45, 2.75) is 19.8 Å². The predicted octanol–water partition coefficient (Wildman–Crippen LogP) is 0.0134. The maximum Gasteiger partial charge on any atom is 0.275 e. The fourth-order valence-electron chi connectivity index (χ4n) is 2.62. The van der Waals surface area contributed by atoms with E-state index in [1.54, 1.807) is 12.1 Å².